The van der Waals surface area contributed by atoms with Crippen molar-refractivity contribution in [3.63, 3.8) is 0 Å². The molecule has 0 saturated carbocycles. The smallest absolute Gasteiger partial charge is 0.231 e. The molecular weight excluding hydrogens is 228 g/mol. The van der Waals surface area contributed by atoms with Gasteiger partial charge in [-0.2, -0.15) is 0 Å². The molecule has 0 atom stereocenters. The number of carbonyl (C=O) groups excluding carboxylic acids is 1. The molecule has 0 aliphatic rings. The summed E-state index contributed by atoms with van der Waals surface area (Å²) in [5.74, 6) is -0.0735. The van der Waals surface area contributed by atoms with Gasteiger partial charge in [0.1, 0.15) is 0 Å². The Hall–Kier alpha value is -0.940. The number of hydrogen-bond acceptors (Lipinski definition) is 3. The predicted molar refractivity (Wildman–Crippen MR) is 67.0 cm³/mol. The molecule has 1 aromatic heterocycles. The Balaban J connectivity index is 2.33. The van der Waals surface area contributed by atoms with E-state index < -0.39 is 0 Å². The second-order valence-corrected chi connectivity index (χ2v) is 4.87. The van der Waals surface area contributed by atoms with Gasteiger partial charge in [0.25, 0.3) is 0 Å². The molecule has 0 spiro atoms. The fourth-order valence-corrected chi connectivity index (χ4v) is 2.09. The van der Waals surface area contributed by atoms with E-state index in [-0.39, 0.29) is 11.9 Å². The number of carbonyl (C=O) groups is 1. The first-order valence-electron chi connectivity index (χ1n) is 4.70. The fraction of sp³-hybridized carbons (Fsp3) is 0.400. The number of thiophene rings is 1. The van der Waals surface area contributed by atoms with Crippen LogP contribution in [-0.2, 0) is 11.2 Å². The van der Waals surface area contributed by atoms with Gasteiger partial charge < -0.3 is 10.6 Å². The molecule has 0 aromatic carbocycles. The lowest BCUT2D eigenvalue weighted by Gasteiger charge is -2.11. The molecule has 15 heavy (non-hydrogen) atoms. The van der Waals surface area contributed by atoms with Crippen molar-refractivity contribution in [2.24, 2.45) is 0 Å². The first kappa shape index (κ1) is 12.1. The van der Waals surface area contributed by atoms with Gasteiger partial charge in [0.15, 0.2) is 5.11 Å². The standard InChI is InChI=1S/C10H14N2OS2/c1-7(2)11-10(14)12-9(13)6-8-4-3-5-15-8/h3-5,7H,6H2,1-2H3,(H2,11,12,13,14). The molecule has 0 fully saturated rings. The van der Waals surface area contributed by atoms with Crippen LogP contribution in [0.1, 0.15) is 18.7 Å². The van der Waals surface area contributed by atoms with Gasteiger partial charge in [-0.3, -0.25) is 4.79 Å². The average molecular weight is 242 g/mol. The highest BCUT2D eigenvalue weighted by Crippen LogP contribution is 2.08. The van der Waals surface area contributed by atoms with E-state index in [0.717, 1.165) is 4.88 Å². The van der Waals surface area contributed by atoms with Crippen molar-refractivity contribution in [2.75, 3.05) is 0 Å². The van der Waals surface area contributed by atoms with Crippen LogP contribution in [0.5, 0.6) is 0 Å². The SMILES string of the molecule is CC(C)NC(=S)NC(=O)Cc1cccs1. The molecule has 1 aromatic rings. The molecule has 1 heterocycles. The van der Waals surface area contributed by atoms with Crippen LogP contribution in [0.2, 0.25) is 0 Å². The molecule has 0 bridgehead atoms. The Labute approximate surface area is 98.9 Å². The monoisotopic (exact) mass is 242 g/mol. The molecule has 0 aliphatic heterocycles. The van der Waals surface area contributed by atoms with Crippen molar-refractivity contribution in [3.8, 4) is 0 Å². The van der Waals surface area contributed by atoms with Crippen molar-refractivity contribution in [2.45, 2.75) is 26.3 Å². The van der Waals surface area contributed by atoms with Gasteiger partial charge in [-0.05, 0) is 37.5 Å². The summed E-state index contributed by atoms with van der Waals surface area (Å²) in [6.07, 6.45) is 0.386. The molecule has 2 N–H and O–H groups in total. The van der Waals surface area contributed by atoms with Crippen LogP contribution in [0, 0.1) is 0 Å². The summed E-state index contributed by atoms with van der Waals surface area (Å²) >= 11 is 6.53. The minimum Gasteiger partial charge on any atom is -0.360 e. The summed E-state index contributed by atoms with van der Waals surface area (Å²) in [5.41, 5.74) is 0. The molecule has 82 valence electrons. The quantitative estimate of drug-likeness (QED) is 0.793. The molecule has 5 heteroatoms. The van der Waals surface area contributed by atoms with Crippen LogP contribution in [0.3, 0.4) is 0 Å². The van der Waals surface area contributed by atoms with E-state index in [2.05, 4.69) is 10.6 Å². The number of hydrogen-bond donors (Lipinski definition) is 2. The molecule has 1 amide bonds. The Morgan fingerprint density at radius 1 is 1.60 bits per heavy atom. The number of nitrogens with one attached hydrogen (secondary N) is 2. The summed E-state index contributed by atoms with van der Waals surface area (Å²) in [4.78, 5) is 12.5. The van der Waals surface area contributed by atoms with E-state index in [1.54, 1.807) is 11.3 Å². The van der Waals surface area contributed by atoms with Gasteiger partial charge in [-0.25, -0.2) is 0 Å². The number of thiocarbonyl (C=S) groups is 1. The molecule has 0 radical (unpaired) electrons. The Kier molecular flexibility index (Phi) is 4.71. The zero-order chi connectivity index (χ0) is 11.3. The zero-order valence-corrected chi connectivity index (χ0v) is 10.4. The first-order valence-corrected chi connectivity index (χ1v) is 5.99. The summed E-state index contributed by atoms with van der Waals surface area (Å²) < 4.78 is 0. The van der Waals surface area contributed by atoms with E-state index >= 15 is 0 Å². The lowest BCUT2D eigenvalue weighted by atomic mass is 10.3. The van der Waals surface area contributed by atoms with Crippen LogP contribution in [0.15, 0.2) is 17.5 Å². The Morgan fingerprint density at radius 2 is 2.33 bits per heavy atom. The Bertz CT molecular complexity index is 333. The van der Waals surface area contributed by atoms with Crippen LogP contribution in [-0.4, -0.2) is 17.1 Å². The van der Waals surface area contributed by atoms with E-state index in [9.17, 15) is 4.79 Å². The second-order valence-electron chi connectivity index (χ2n) is 3.43. The van der Waals surface area contributed by atoms with E-state index in [4.69, 9.17) is 12.2 Å². The minimum absolute atomic E-state index is 0.0735. The summed E-state index contributed by atoms with van der Waals surface area (Å²) in [7, 11) is 0. The highest BCUT2D eigenvalue weighted by molar-refractivity contribution is 7.80. The van der Waals surface area contributed by atoms with Crippen LogP contribution in [0.25, 0.3) is 0 Å². The van der Waals surface area contributed by atoms with Gasteiger partial charge in [-0.1, -0.05) is 6.07 Å². The third-order valence-electron chi connectivity index (χ3n) is 1.59. The molecule has 1 rings (SSSR count). The van der Waals surface area contributed by atoms with Gasteiger partial charge >= 0.3 is 0 Å². The minimum atomic E-state index is -0.0735. The van der Waals surface area contributed by atoms with Crippen molar-refractivity contribution in [3.05, 3.63) is 22.4 Å². The highest BCUT2D eigenvalue weighted by atomic mass is 32.1. The van der Waals surface area contributed by atoms with Gasteiger partial charge in [0.2, 0.25) is 5.91 Å². The number of amides is 1. The Morgan fingerprint density at radius 3 is 2.87 bits per heavy atom. The van der Waals surface area contributed by atoms with Gasteiger partial charge in [0.05, 0.1) is 6.42 Å². The molecule has 3 nitrogen and oxygen atoms in total. The first-order chi connectivity index (χ1) is 7.08. The maximum absolute atomic E-state index is 11.5. The molecule has 0 unspecified atom stereocenters. The molecule has 0 aliphatic carbocycles. The maximum atomic E-state index is 11.5. The summed E-state index contributed by atoms with van der Waals surface area (Å²) in [6.45, 7) is 3.94. The number of rotatable bonds is 3. The van der Waals surface area contributed by atoms with E-state index in [1.807, 2.05) is 31.4 Å². The summed E-state index contributed by atoms with van der Waals surface area (Å²) in [5, 5.41) is 7.94. The molecule has 0 saturated heterocycles. The third kappa shape index (κ3) is 4.90. The van der Waals surface area contributed by atoms with E-state index in [1.165, 1.54) is 0 Å². The van der Waals surface area contributed by atoms with Crippen LogP contribution >= 0.6 is 23.6 Å². The van der Waals surface area contributed by atoms with Crippen molar-refractivity contribution in [1.29, 1.82) is 0 Å². The normalized spacial score (nSPS) is 10.1. The average Bonchev–Trinajstić information content (AvgIpc) is 2.53. The van der Waals surface area contributed by atoms with Gasteiger partial charge in [-0.15, -0.1) is 11.3 Å². The van der Waals surface area contributed by atoms with Crippen LogP contribution in [0.4, 0.5) is 0 Å². The lowest BCUT2D eigenvalue weighted by molar-refractivity contribution is -0.119. The highest BCUT2D eigenvalue weighted by Gasteiger charge is 2.06. The second kappa shape index (κ2) is 5.82. The van der Waals surface area contributed by atoms with Crippen molar-refractivity contribution < 1.29 is 4.79 Å². The maximum Gasteiger partial charge on any atom is 0.231 e. The van der Waals surface area contributed by atoms with Crippen molar-refractivity contribution in [1.82, 2.24) is 10.6 Å². The molecular formula is C10H14N2OS2. The summed E-state index contributed by atoms with van der Waals surface area (Å²) in [6, 6.07) is 4.10. The zero-order valence-electron chi connectivity index (χ0n) is 8.74. The van der Waals surface area contributed by atoms with E-state index in [0.29, 0.717) is 11.5 Å². The predicted octanol–water partition coefficient (Wildman–Crippen LogP) is 1.69. The fourth-order valence-electron chi connectivity index (χ4n) is 1.04. The van der Waals surface area contributed by atoms with Crippen LogP contribution < -0.4 is 10.6 Å². The third-order valence-corrected chi connectivity index (χ3v) is 2.68. The van der Waals surface area contributed by atoms with Gasteiger partial charge in [0, 0.05) is 10.9 Å². The topological polar surface area (TPSA) is 41.1 Å². The lowest BCUT2D eigenvalue weighted by Crippen LogP contribution is -2.42. The largest absolute Gasteiger partial charge is 0.360 e. The van der Waals surface area contributed by atoms with Crippen molar-refractivity contribution >= 4 is 34.6 Å².